The minimum absolute atomic E-state index is 0.209. The van der Waals surface area contributed by atoms with Gasteiger partial charge in [0, 0.05) is 31.5 Å². The van der Waals surface area contributed by atoms with Crippen LogP contribution in [-0.2, 0) is 14.3 Å². The maximum Gasteiger partial charge on any atom is 0.328 e. The van der Waals surface area contributed by atoms with E-state index in [0.29, 0.717) is 37.6 Å². The third kappa shape index (κ3) is 4.41. The molecule has 0 N–H and O–H groups in total. The molecule has 23 heavy (non-hydrogen) atoms. The summed E-state index contributed by atoms with van der Waals surface area (Å²) < 4.78 is 15.1. The van der Waals surface area contributed by atoms with Crippen molar-refractivity contribution in [2.75, 3.05) is 34.0 Å². The lowest BCUT2D eigenvalue weighted by Gasteiger charge is -2.33. The van der Waals surface area contributed by atoms with Gasteiger partial charge in [-0.25, -0.2) is 9.78 Å². The van der Waals surface area contributed by atoms with E-state index >= 15 is 0 Å². The third-order valence-corrected chi connectivity index (χ3v) is 3.76. The molecule has 1 fully saturated rings. The molecule has 1 unspecified atom stereocenters. The third-order valence-electron chi connectivity index (χ3n) is 3.76. The Labute approximate surface area is 135 Å². The number of methoxy groups -OCH3 is 2. The van der Waals surface area contributed by atoms with Gasteiger partial charge in [-0.05, 0) is 25.3 Å². The number of nitrogens with zero attached hydrogens (tertiary/aromatic N) is 2. The Hall–Kier alpha value is -2.15. The molecule has 1 aliphatic heterocycles. The van der Waals surface area contributed by atoms with E-state index in [1.165, 1.54) is 13.3 Å². The van der Waals surface area contributed by atoms with E-state index in [-0.39, 0.29) is 11.9 Å². The molecular formula is C16H22N2O5. The molecule has 7 heteroatoms. The van der Waals surface area contributed by atoms with Crippen LogP contribution in [0.25, 0.3) is 0 Å². The fourth-order valence-electron chi connectivity index (χ4n) is 2.57. The smallest absolute Gasteiger partial charge is 0.328 e. The van der Waals surface area contributed by atoms with Crippen molar-refractivity contribution in [3.8, 4) is 5.88 Å². The lowest BCUT2D eigenvalue weighted by molar-refractivity contribution is -0.147. The van der Waals surface area contributed by atoms with Gasteiger partial charge in [-0.15, -0.1) is 0 Å². The second-order valence-corrected chi connectivity index (χ2v) is 5.26. The SMILES string of the molecule is COCCOc1cc(C(=O)N2CCCCC2C(=O)OC)ccn1. The van der Waals surface area contributed by atoms with Gasteiger partial charge in [0.15, 0.2) is 0 Å². The van der Waals surface area contributed by atoms with Gasteiger partial charge in [-0.2, -0.15) is 0 Å². The topological polar surface area (TPSA) is 78.0 Å². The fourth-order valence-corrected chi connectivity index (χ4v) is 2.57. The number of hydrogen-bond acceptors (Lipinski definition) is 6. The van der Waals surface area contributed by atoms with Gasteiger partial charge >= 0.3 is 5.97 Å². The molecule has 1 aromatic rings. The summed E-state index contributed by atoms with van der Waals surface area (Å²) in [6.45, 7) is 1.34. The number of carbonyl (C=O) groups is 2. The zero-order chi connectivity index (χ0) is 16.7. The first kappa shape index (κ1) is 17.2. The summed E-state index contributed by atoms with van der Waals surface area (Å²) in [4.78, 5) is 30.3. The lowest BCUT2D eigenvalue weighted by Crippen LogP contribution is -2.48. The van der Waals surface area contributed by atoms with Crippen LogP contribution in [0.4, 0.5) is 0 Å². The van der Waals surface area contributed by atoms with Crippen LogP contribution in [0.5, 0.6) is 5.88 Å². The van der Waals surface area contributed by atoms with Crippen LogP contribution in [0.3, 0.4) is 0 Å². The number of likely N-dealkylation sites (tertiary alicyclic amines) is 1. The number of ether oxygens (including phenoxy) is 3. The molecular weight excluding hydrogens is 300 g/mol. The standard InChI is InChI=1S/C16H22N2O5/c1-21-9-10-23-14-11-12(6-7-17-14)15(19)18-8-4-3-5-13(18)16(20)22-2/h6-7,11,13H,3-5,8-10H2,1-2H3. The average molecular weight is 322 g/mol. The molecule has 2 rings (SSSR count). The van der Waals surface area contributed by atoms with Gasteiger partial charge in [0.1, 0.15) is 12.6 Å². The van der Waals surface area contributed by atoms with Crippen molar-refractivity contribution in [3.05, 3.63) is 23.9 Å². The normalized spacial score (nSPS) is 17.7. The summed E-state index contributed by atoms with van der Waals surface area (Å²) in [5, 5.41) is 0. The summed E-state index contributed by atoms with van der Waals surface area (Å²) >= 11 is 0. The Kier molecular flexibility index (Phi) is 6.34. The van der Waals surface area contributed by atoms with Crippen LogP contribution < -0.4 is 4.74 Å². The zero-order valence-electron chi connectivity index (χ0n) is 13.5. The summed E-state index contributed by atoms with van der Waals surface area (Å²) in [6, 6.07) is 2.68. The highest BCUT2D eigenvalue weighted by atomic mass is 16.5. The molecule has 0 bridgehead atoms. The highest BCUT2D eigenvalue weighted by Crippen LogP contribution is 2.21. The molecule has 1 aromatic heterocycles. The highest BCUT2D eigenvalue weighted by Gasteiger charge is 2.33. The van der Waals surface area contributed by atoms with E-state index in [0.717, 1.165) is 12.8 Å². The number of pyridine rings is 1. The van der Waals surface area contributed by atoms with Crippen LogP contribution in [-0.4, -0.2) is 61.8 Å². The number of hydrogen-bond donors (Lipinski definition) is 0. The largest absolute Gasteiger partial charge is 0.475 e. The van der Waals surface area contributed by atoms with Crippen molar-refractivity contribution >= 4 is 11.9 Å². The van der Waals surface area contributed by atoms with Gasteiger partial charge < -0.3 is 19.1 Å². The Morgan fingerprint density at radius 1 is 1.30 bits per heavy atom. The van der Waals surface area contributed by atoms with E-state index in [9.17, 15) is 9.59 Å². The van der Waals surface area contributed by atoms with Crippen molar-refractivity contribution < 1.29 is 23.8 Å². The minimum Gasteiger partial charge on any atom is -0.475 e. The van der Waals surface area contributed by atoms with Crippen molar-refractivity contribution in [1.82, 2.24) is 9.88 Å². The molecule has 1 aliphatic rings. The van der Waals surface area contributed by atoms with E-state index in [4.69, 9.17) is 14.2 Å². The maximum absolute atomic E-state index is 12.7. The van der Waals surface area contributed by atoms with E-state index < -0.39 is 6.04 Å². The van der Waals surface area contributed by atoms with Crippen LogP contribution in [0.15, 0.2) is 18.3 Å². The van der Waals surface area contributed by atoms with Crippen molar-refractivity contribution in [2.24, 2.45) is 0 Å². The number of piperidine rings is 1. The monoisotopic (exact) mass is 322 g/mol. The average Bonchev–Trinajstić information content (AvgIpc) is 2.61. The molecule has 1 saturated heterocycles. The van der Waals surface area contributed by atoms with Gasteiger partial charge in [0.2, 0.25) is 5.88 Å². The molecule has 2 heterocycles. The van der Waals surface area contributed by atoms with Crippen LogP contribution in [0.1, 0.15) is 29.6 Å². The lowest BCUT2D eigenvalue weighted by atomic mass is 10.0. The predicted octanol–water partition coefficient (Wildman–Crippen LogP) is 1.27. The number of carbonyl (C=O) groups excluding carboxylic acids is 2. The summed E-state index contributed by atoms with van der Waals surface area (Å²) in [6.07, 6.45) is 3.93. The molecule has 1 amide bonds. The van der Waals surface area contributed by atoms with E-state index in [1.807, 2.05) is 0 Å². The second-order valence-electron chi connectivity index (χ2n) is 5.26. The number of amides is 1. The number of aromatic nitrogens is 1. The first-order chi connectivity index (χ1) is 11.2. The minimum atomic E-state index is -0.521. The zero-order valence-corrected chi connectivity index (χ0v) is 13.5. The highest BCUT2D eigenvalue weighted by molar-refractivity contribution is 5.97. The first-order valence-electron chi connectivity index (χ1n) is 7.64. The molecule has 1 atom stereocenters. The first-order valence-corrected chi connectivity index (χ1v) is 7.64. The van der Waals surface area contributed by atoms with Gasteiger partial charge in [-0.3, -0.25) is 4.79 Å². The molecule has 0 saturated carbocycles. The van der Waals surface area contributed by atoms with E-state index in [1.54, 1.807) is 24.1 Å². The Bertz CT molecular complexity index is 549. The summed E-state index contributed by atoms with van der Waals surface area (Å²) in [5.74, 6) is -0.220. The predicted molar refractivity (Wildman–Crippen MR) is 82.3 cm³/mol. The molecule has 0 radical (unpaired) electrons. The van der Waals surface area contributed by atoms with E-state index in [2.05, 4.69) is 4.98 Å². The Balaban J connectivity index is 2.11. The van der Waals surface area contributed by atoms with Crippen molar-refractivity contribution in [3.63, 3.8) is 0 Å². The quantitative estimate of drug-likeness (QED) is 0.580. The number of esters is 1. The molecule has 7 nitrogen and oxygen atoms in total. The molecule has 0 spiro atoms. The number of rotatable bonds is 6. The van der Waals surface area contributed by atoms with Gasteiger partial charge in [0.25, 0.3) is 5.91 Å². The van der Waals surface area contributed by atoms with Crippen molar-refractivity contribution in [1.29, 1.82) is 0 Å². The van der Waals surface area contributed by atoms with Crippen LogP contribution in [0, 0.1) is 0 Å². The van der Waals surface area contributed by atoms with Crippen LogP contribution in [0.2, 0.25) is 0 Å². The Morgan fingerprint density at radius 2 is 2.13 bits per heavy atom. The maximum atomic E-state index is 12.7. The summed E-state index contributed by atoms with van der Waals surface area (Å²) in [7, 11) is 2.92. The molecule has 0 aliphatic carbocycles. The van der Waals surface area contributed by atoms with Crippen LogP contribution >= 0.6 is 0 Å². The van der Waals surface area contributed by atoms with Gasteiger partial charge in [0.05, 0.1) is 13.7 Å². The Morgan fingerprint density at radius 3 is 2.87 bits per heavy atom. The van der Waals surface area contributed by atoms with Gasteiger partial charge in [-0.1, -0.05) is 0 Å². The fraction of sp³-hybridized carbons (Fsp3) is 0.562. The van der Waals surface area contributed by atoms with Crippen molar-refractivity contribution in [2.45, 2.75) is 25.3 Å². The molecule has 126 valence electrons. The molecule has 0 aromatic carbocycles. The summed E-state index contributed by atoms with van der Waals surface area (Å²) in [5.41, 5.74) is 0.447. The second kappa shape index (κ2) is 8.47.